The summed E-state index contributed by atoms with van der Waals surface area (Å²) >= 11 is 0. The molecule has 3 heteroatoms. The number of carbonyl (C=O) groups is 1. The number of fused-ring (bicyclic) bond motifs is 1. The molecule has 0 saturated heterocycles. The summed E-state index contributed by atoms with van der Waals surface area (Å²) in [6.45, 7) is 0. The van der Waals surface area contributed by atoms with Crippen LogP contribution in [0.4, 0.5) is 0 Å². The molecule has 1 aromatic carbocycles. The maximum Gasteiger partial charge on any atom is 0.309 e. The molecule has 1 atom stereocenters. The predicted octanol–water partition coefficient (Wildman–Crippen LogP) is 1.58. The molecule has 0 aliphatic heterocycles. The Morgan fingerprint density at radius 2 is 2.13 bits per heavy atom. The van der Waals surface area contributed by atoms with E-state index in [0.717, 1.165) is 24.2 Å². The van der Waals surface area contributed by atoms with Crippen molar-refractivity contribution in [2.24, 2.45) is 5.92 Å². The summed E-state index contributed by atoms with van der Waals surface area (Å²) in [5, 5.41) is 0. The standard InChI is InChI=1S/C12H14O3/c1-14-11-5-3-4-8-6-9(7-10(8)11)12(13)15-2/h3-5,9H,6-7H2,1-2H3/t9-/m0/s1. The Balaban J connectivity index is 2.26. The van der Waals surface area contributed by atoms with Crippen LogP contribution in [0.3, 0.4) is 0 Å². The maximum atomic E-state index is 11.4. The summed E-state index contributed by atoms with van der Waals surface area (Å²) in [6, 6.07) is 5.93. The van der Waals surface area contributed by atoms with Crippen LogP contribution >= 0.6 is 0 Å². The Morgan fingerprint density at radius 1 is 1.33 bits per heavy atom. The Kier molecular flexibility index (Phi) is 2.62. The average molecular weight is 206 g/mol. The lowest BCUT2D eigenvalue weighted by Crippen LogP contribution is -2.15. The van der Waals surface area contributed by atoms with Gasteiger partial charge in [-0.1, -0.05) is 12.1 Å². The smallest absolute Gasteiger partial charge is 0.309 e. The van der Waals surface area contributed by atoms with E-state index in [1.54, 1.807) is 7.11 Å². The molecular weight excluding hydrogens is 192 g/mol. The van der Waals surface area contributed by atoms with Crippen molar-refractivity contribution in [1.82, 2.24) is 0 Å². The SMILES string of the molecule is COC(=O)[C@H]1Cc2cccc(OC)c2C1. The third-order valence-corrected chi connectivity index (χ3v) is 2.90. The quantitative estimate of drug-likeness (QED) is 0.689. The molecule has 0 saturated carbocycles. The van der Waals surface area contributed by atoms with Gasteiger partial charge in [0.05, 0.1) is 20.1 Å². The fourth-order valence-electron chi connectivity index (χ4n) is 2.14. The second kappa shape index (κ2) is 3.93. The molecule has 1 aromatic rings. The van der Waals surface area contributed by atoms with Crippen molar-refractivity contribution in [2.75, 3.05) is 14.2 Å². The molecule has 0 bridgehead atoms. The van der Waals surface area contributed by atoms with Crippen molar-refractivity contribution in [1.29, 1.82) is 0 Å². The molecule has 0 aromatic heterocycles. The Morgan fingerprint density at radius 3 is 2.80 bits per heavy atom. The van der Waals surface area contributed by atoms with Crippen molar-refractivity contribution < 1.29 is 14.3 Å². The van der Waals surface area contributed by atoms with Gasteiger partial charge in [-0.3, -0.25) is 4.79 Å². The molecular formula is C12H14O3. The number of esters is 1. The first kappa shape index (κ1) is 10.0. The molecule has 2 rings (SSSR count). The van der Waals surface area contributed by atoms with Crippen molar-refractivity contribution >= 4 is 5.97 Å². The molecule has 15 heavy (non-hydrogen) atoms. The van der Waals surface area contributed by atoms with Gasteiger partial charge in [-0.2, -0.15) is 0 Å². The molecule has 0 N–H and O–H groups in total. The van der Waals surface area contributed by atoms with Gasteiger partial charge in [0, 0.05) is 0 Å². The molecule has 0 amide bonds. The molecule has 0 spiro atoms. The average Bonchev–Trinajstić information content (AvgIpc) is 2.71. The van der Waals surface area contributed by atoms with Crippen LogP contribution in [0, 0.1) is 5.92 Å². The van der Waals surface area contributed by atoms with Crippen molar-refractivity contribution in [3.05, 3.63) is 29.3 Å². The van der Waals surface area contributed by atoms with Gasteiger partial charge >= 0.3 is 5.97 Å². The third kappa shape index (κ3) is 1.69. The molecule has 80 valence electrons. The lowest BCUT2D eigenvalue weighted by Gasteiger charge is -2.06. The van der Waals surface area contributed by atoms with Crippen molar-refractivity contribution in [3.8, 4) is 5.75 Å². The normalized spacial score (nSPS) is 18.4. The van der Waals surface area contributed by atoms with Crippen LogP contribution in [0.2, 0.25) is 0 Å². The molecule has 0 fully saturated rings. The van der Waals surface area contributed by atoms with E-state index in [1.807, 2.05) is 18.2 Å². The summed E-state index contributed by atoms with van der Waals surface area (Å²) in [7, 11) is 3.09. The Bertz CT molecular complexity index is 384. The van der Waals surface area contributed by atoms with Crippen LogP contribution in [-0.2, 0) is 22.4 Å². The number of methoxy groups -OCH3 is 2. The topological polar surface area (TPSA) is 35.5 Å². The molecule has 3 nitrogen and oxygen atoms in total. The Hall–Kier alpha value is -1.51. The van der Waals surface area contributed by atoms with E-state index in [9.17, 15) is 4.79 Å². The maximum absolute atomic E-state index is 11.4. The van der Waals surface area contributed by atoms with E-state index in [0.29, 0.717) is 0 Å². The highest BCUT2D eigenvalue weighted by molar-refractivity contribution is 5.74. The molecule has 1 aliphatic carbocycles. The first-order valence-corrected chi connectivity index (χ1v) is 4.99. The van der Waals surface area contributed by atoms with Gasteiger partial charge in [-0.25, -0.2) is 0 Å². The van der Waals surface area contributed by atoms with Gasteiger partial charge in [-0.15, -0.1) is 0 Å². The van der Waals surface area contributed by atoms with Crippen LogP contribution in [0.25, 0.3) is 0 Å². The summed E-state index contributed by atoms with van der Waals surface area (Å²) < 4.78 is 10.0. The fourth-order valence-corrected chi connectivity index (χ4v) is 2.14. The zero-order valence-corrected chi connectivity index (χ0v) is 8.95. The zero-order valence-electron chi connectivity index (χ0n) is 8.95. The summed E-state index contributed by atoms with van der Waals surface area (Å²) in [6.07, 6.45) is 1.49. The highest BCUT2D eigenvalue weighted by Gasteiger charge is 2.29. The molecule has 1 aliphatic rings. The van der Waals surface area contributed by atoms with Crippen LogP contribution in [0.15, 0.2) is 18.2 Å². The van der Waals surface area contributed by atoms with Crippen LogP contribution in [0.5, 0.6) is 5.75 Å². The molecule has 0 heterocycles. The van der Waals surface area contributed by atoms with Gasteiger partial charge in [0.15, 0.2) is 0 Å². The number of benzene rings is 1. The fraction of sp³-hybridized carbons (Fsp3) is 0.417. The second-order valence-corrected chi connectivity index (χ2v) is 3.73. The third-order valence-electron chi connectivity index (χ3n) is 2.90. The van der Waals surface area contributed by atoms with Crippen molar-refractivity contribution in [2.45, 2.75) is 12.8 Å². The first-order valence-electron chi connectivity index (χ1n) is 4.99. The summed E-state index contributed by atoms with van der Waals surface area (Å²) in [4.78, 5) is 11.4. The number of hydrogen-bond acceptors (Lipinski definition) is 3. The number of carbonyl (C=O) groups excluding carboxylic acids is 1. The zero-order chi connectivity index (χ0) is 10.8. The largest absolute Gasteiger partial charge is 0.496 e. The second-order valence-electron chi connectivity index (χ2n) is 3.73. The number of ether oxygens (including phenoxy) is 2. The lowest BCUT2D eigenvalue weighted by molar-refractivity contribution is -0.145. The summed E-state index contributed by atoms with van der Waals surface area (Å²) in [5.74, 6) is 0.702. The van der Waals surface area contributed by atoms with Gasteiger partial charge in [-0.05, 0) is 30.0 Å². The van der Waals surface area contributed by atoms with E-state index < -0.39 is 0 Å². The van der Waals surface area contributed by atoms with Gasteiger partial charge in [0.25, 0.3) is 0 Å². The Labute approximate surface area is 89.0 Å². The monoisotopic (exact) mass is 206 g/mol. The highest BCUT2D eigenvalue weighted by Crippen LogP contribution is 2.33. The van der Waals surface area contributed by atoms with Crippen LogP contribution in [-0.4, -0.2) is 20.2 Å². The minimum absolute atomic E-state index is 0.0405. The molecule has 0 unspecified atom stereocenters. The molecule has 0 radical (unpaired) electrons. The summed E-state index contributed by atoms with van der Waals surface area (Å²) in [5.41, 5.74) is 2.35. The van der Waals surface area contributed by atoms with E-state index in [4.69, 9.17) is 9.47 Å². The van der Waals surface area contributed by atoms with Crippen LogP contribution in [0.1, 0.15) is 11.1 Å². The lowest BCUT2D eigenvalue weighted by atomic mass is 10.1. The minimum atomic E-state index is -0.131. The predicted molar refractivity (Wildman–Crippen MR) is 55.9 cm³/mol. The number of hydrogen-bond donors (Lipinski definition) is 0. The first-order chi connectivity index (χ1) is 7.26. The van der Waals surface area contributed by atoms with Gasteiger partial charge in [0.2, 0.25) is 0 Å². The van der Waals surface area contributed by atoms with E-state index in [2.05, 4.69) is 0 Å². The van der Waals surface area contributed by atoms with Crippen LogP contribution < -0.4 is 4.74 Å². The highest BCUT2D eigenvalue weighted by atomic mass is 16.5. The van der Waals surface area contributed by atoms with E-state index in [1.165, 1.54) is 12.7 Å². The van der Waals surface area contributed by atoms with Crippen molar-refractivity contribution in [3.63, 3.8) is 0 Å². The van der Waals surface area contributed by atoms with E-state index >= 15 is 0 Å². The van der Waals surface area contributed by atoms with Gasteiger partial charge < -0.3 is 9.47 Å². The number of rotatable bonds is 2. The van der Waals surface area contributed by atoms with E-state index in [-0.39, 0.29) is 11.9 Å². The van der Waals surface area contributed by atoms with Gasteiger partial charge in [0.1, 0.15) is 5.75 Å². The minimum Gasteiger partial charge on any atom is -0.496 e.